The summed E-state index contributed by atoms with van der Waals surface area (Å²) in [7, 11) is 0. The first-order chi connectivity index (χ1) is 6.29. The van der Waals surface area contributed by atoms with Crippen molar-refractivity contribution in [2.75, 3.05) is 11.5 Å². The predicted octanol–water partition coefficient (Wildman–Crippen LogP) is 1.40. The second kappa shape index (κ2) is 5.29. The molecule has 1 rings (SSSR count). The Hall–Kier alpha value is -0.480. The molecule has 1 aromatic heterocycles. The number of rotatable bonds is 5. The fourth-order valence-corrected chi connectivity index (χ4v) is 1.88. The molecule has 0 aliphatic heterocycles. The first kappa shape index (κ1) is 10.6. The minimum absolute atomic E-state index is 0.581. The molecule has 0 radical (unpaired) electrons. The number of thioether (sulfide) groups is 1. The van der Waals surface area contributed by atoms with Crippen molar-refractivity contribution in [1.82, 2.24) is 9.55 Å². The number of hydrogen-bond acceptors (Lipinski definition) is 3. The van der Waals surface area contributed by atoms with Gasteiger partial charge in [0.15, 0.2) is 0 Å². The summed E-state index contributed by atoms with van der Waals surface area (Å²) >= 11 is 1.94. The summed E-state index contributed by atoms with van der Waals surface area (Å²) in [5, 5.41) is 0. The van der Waals surface area contributed by atoms with E-state index in [1.54, 1.807) is 0 Å². The summed E-state index contributed by atoms with van der Waals surface area (Å²) in [5.41, 5.74) is 6.73. The minimum atomic E-state index is 0.581. The molecule has 0 aliphatic carbocycles. The standard InChI is InChI=1S/C9H17N3S/c1-3-13-5-4-12-8(2)11-7-9(12)6-10/h7H,3-6,10H2,1-2H3. The second-order valence-corrected chi connectivity index (χ2v) is 4.24. The topological polar surface area (TPSA) is 43.8 Å². The van der Waals surface area contributed by atoms with Crippen molar-refractivity contribution in [3.63, 3.8) is 0 Å². The maximum atomic E-state index is 5.60. The van der Waals surface area contributed by atoms with Crippen molar-refractivity contribution < 1.29 is 0 Å². The van der Waals surface area contributed by atoms with Crippen LogP contribution in [0, 0.1) is 6.92 Å². The van der Waals surface area contributed by atoms with E-state index in [0.717, 1.165) is 23.8 Å². The molecule has 4 heteroatoms. The first-order valence-corrected chi connectivity index (χ1v) is 5.73. The van der Waals surface area contributed by atoms with Crippen molar-refractivity contribution in [2.24, 2.45) is 5.73 Å². The van der Waals surface area contributed by atoms with E-state index in [9.17, 15) is 0 Å². The molecule has 0 saturated heterocycles. The number of imidazole rings is 1. The van der Waals surface area contributed by atoms with E-state index >= 15 is 0 Å². The lowest BCUT2D eigenvalue weighted by molar-refractivity contribution is 0.694. The normalized spacial score (nSPS) is 10.7. The Labute approximate surface area is 83.7 Å². The number of aromatic nitrogens is 2. The van der Waals surface area contributed by atoms with Crippen LogP contribution in [0.4, 0.5) is 0 Å². The first-order valence-electron chi connectivity index (χ1n) is 4.58. The monoisotopic (exact) mass is 199 g/mol. The van der Waals surface area contributed by atoms with Crippen LogP contribution >= 0.6 is 11.8 Å². The van der Waals surface area contributed by atoms with Gasteiger partial charge in [0.2, 0.25) is 0 Å². The van der Waals surface area contributed by atoms with E-state index in [1.165, 1.54) is 5.75 Å². The predicted molar refractivity (Wildman–Crippen MR) is 57.9 cm³/mol. The summed E-state index contributed by atoms with van der Waals surface area (Å²) in [4.78, 5) is 4.24. The van der Waals surface area contributed by atoms with Gasteiger partial charge in [-0.25, -0.2) is 4.98 Å². The minimum Gasteiger partial charge on any atom is -0.330 e. The third-order valence-electron chi connectivity index (χ3n) is 2.01. The maximum absolute atomic E-state index is 5.60. The molecule has 13 heavy (non-hydrogen) atoms. The third-order valence-corrected chi connectivity index (χ3v) is 2.89. The fourth-order valence-electron chi connectivity index (χ4n) is 1.28. The number of nitrogens with two attached hydrogens (primary N) is 1. The summed E-state index contributed by atoms with van der Waals surface area (Å²) in [6, 6.07) is 0. The summed E-state index contributed by atoms with van der Waals surface area (Å²) in [5.74, 6) is 3.38. The van der Waals surface area contributed by atoms with Crippen molar-refractivity contribution in [3.05, 3.63) is 17.7 Å². The SMILES string of the molecule is CCSCCn1c(CN)cnc1C. The zero-order valence-corrected chi connectivity index (χ0v) is 9.10. The molecular weight excluding hydrogens is 182 g/mol. The van der Waals surface area contributed by atoms with Gasteiger partial charge in [-0.2, -0.15) is 11.8 Å². The Morgan fingerprint density at radius 2 is 2.38 bits per heavy atom. The highest BCUT2D eigenvalue weighted by molar-refractivity contribution is 7.99. The average Bonchev–Trinajstić information content (AvgIpc) is 2.48. The van der Waals surface area contributed by atoms with Crippen LogP contribution in [-0.2, 0) is 13.1 Å². The van der Waals surface area contributed by atoms with E-state index in [-0.39, 0.29) is 0 Å². The maximum Gasteiger partial charge on any atom is 0.105 e. The third kappa shape index (κ3) is 2.74. The van der Waals surface area contributed by atoms with E-state index in [4.69, 9.17) is 5.73 Å². The van der Waals surface area contributed by atoms with E-state index in [0.29, 0.717) is 6.54 Å². The van der Waals surface area contributed by atoms with E-state index in [2.05, 4.69) is 16.5 Å². The highest BCUT2D eigenvalue weighted by Crippen LogP contribution is 2.07. The van der Waals surface area contributed by atoms with Crippen LogP contribution in [0.1, 0.15) is 18.4 Å². The zero-order chi connectivity index (χ0) is 9.68. The second-order valence-electron chi connectivity index (χ2n) is 2.85. The number of aryl methyl sites for hydroxylation is 1. The molecule has 1 heterocycles. The summed E-state index contributed by atoms with van der Waals surface area (Å²) in [6.07, 6.45) is 1.87. The lowest BCUT2D eigenvalue weighted by Crippen LogP contribution is -2.10. The fraction of sp³-hybridized carbons (Fsp3) is 0.667. The molecule has 0 saturated carbocycles. The van der Waals surface area contributed by atoms with Gasteiger partial charge in [0.05, 0.1) is 5.69 Å². The molecule has 0 amide bonds. The lowest BCUT2D eigenvalue weighted by atomic mass is 10.4. The molecule has 0 aromatic carbocycles. The Balaban J connectivity index is 2.57. The van der Waals surface area contributed by atoms with Crippen LogP contribution < -0.4 is 5.73 Å². The van der Waals surface area contributed by atoms with Crippen molar-refractivity contribution in [2.45, 2.75) is 26.9 Å². The summed E-state index contributed by atoms with van der Waals surface area (Å²) in [6.45, 7) is 5.81. The molecule has 0 bridgehead atoms. The van der Waals surface area contributed by atoms with Crippen LogP contribution in [0.15, 0.2) is 6.20 Å². The molecule has 1 aromatic rings. The highest BCUT2D eigenvalue weighted by atomic mass is 32.2. The quantitative estimate of drug-likeness (QED) is 0.729. The Morgan fingerprint density at radius 1 is 1.62 bits per heavy atom. The van der Waals surface area contributed by atoms with Gasteiger partial charge >= 0.3 is 0 Å². The number of nitrogens with zero attached hydrogens (tertiary/aromatic N) is 2. The Kier molecular flexibility index (Phi) is 4.32. The van der Waals surface area contributed by atoms with Gasteiger partial charge in [-0.3, -0.25) is 0 Å². The summed E-state index contributed by atoms with van der Waals surface area (Å²) < 4.78 is 2.20. The van der Waals surface area contributed by atoms with Gasteiger partial charge in [0.25, 0.3) is 0 Å². The molecule has 0 fully saturated rings. The van der Waals surface area contributed by atoms with Gasteiger partial charge in [0.1, 0.15) is 5.82 Å². The van der Waals surface area contributed by atoms with Gasteiger partial charge in [-0.15, -0.1) is 0 Å². The van der Waals surface area contributed by atoms with Crippen molar-refractivity contribution >= 4 is 11.8 Å². The van der Waals surface area contributed by atoms with E-state index < -0.39 is 0 Å². The molecule has 0 atom stereocenters. The molecule has 0 aliphatic rings. The van der Waals surface area contributed by atoms with Crippen molar-refractivity contribution in [1.29, 1.82) is 0 Å². The van der Waals surface area contributed by atoms with Crippen molar-refractivity contribution in [3.8, 4) is 0 Å². The molecular formula is C9H17N3S. The van der Waals surface area contributed by atoms with Crippen LogP contribution in [0.25, 0.3) is 0 Å². The average molecular weight is 199 g/mol. The van der Waals surface area contributed by atoms with Crippen LogP contribution in [0.3, 0.4) is 0 Å². The van der Waals surface area contributed by atoms with Crippen LogP contribution in [-0.4, -0.2) is 21.1 Å². The van der Waals surface area contributed by atoms with Gasteiger partial charge in [0, 0.05) is 25.0 Å². The Morgan fingerprint density at radius 3 is 3.00 bits per heavy atom. The largest absolute Gasteiger partial charge is 0.330 e. The molecule has 74 valence electrons. The van der Waals surface area contributed by atoms with Crippen LogP contribution in [0.5, 0.6) is 0 Å². The number of hydrogen-bond donors (Lipinski definition) is 1. The lowest BCUT2D eigenvalue weighted by Gasteiger charge is -2.07. The van der Waals surface area contributed by atoms with Crippen LogP contribution in [0.2, 0.25) is 0 Å². The molecule has 2 N–H and O–H groups in total. The highest BCUT2D eigenvalue weighted by Gasteiger charge is 2.03. The smallest absolute Gasteiger partial charge is 0.105 e. The van der Waals surface area contributed by atoms with E-state index in [1.807, 2.05) is 24.9 Å². The van der Waals surface area contributed by atoms with Gasteiger partial charge in [-0.05, 0) is 12.7 Å². The van der Waals surface area contributed by atoms with Gasteiger partial charge < -0.3 is 10.3 Å². The van der Waals surface area contributed by atoms with Gasteiger partial charge in [-0.1, -0.05) is 6.92 Å². The zero-order valence-electron chi connectivity index (χ0n) is 8.29. The molecule has 3 nitrogen and oxygen atoms in total. The molecule has 0 unspecified atom stereocenters. The molecule has 0 spiro atoms. The Bertz CT molecular complexity index is 257.